The molecular weight excluding hydrogens is 461 g/mol. The molecule has 8 heteroatoms. The summed E-state index contributed by atoms with van der Waals surface area (Å²) in [4.78, 5) is 14.4. The highest BCUT2D eigenvalue weighted by atomic mass is 127. The zero-order chi connectivity index (χ0) is 17.6. The van der Waals surface area contributed by atoms with Gasteiger partial charge in [-0.05, 0) is 38.2 Å². The maximum atomic E-state index is 5.66. The van der Waals surface area contributed by atoms with Crippen LogP contribution in [0.1, 0.15) is 34.0 Å². The lowest BCUT2D eigenvalue weighted by atomic mass is 10.3. The summed E-state index contributed by atoms with van der Waals surface area (Å²) >= 11 is 1.71. The van der Waals surface area contributed by atoms with E-state index in [0.29, 0.717) is 19.0 Å². The molecular formula is C18H26IN5OS. The molecule has 0 saturated heterocycles. The van der Waals surface area contributed by atoms with Crippen LogP contribution in [-0.2, 0) is 13.1 Å². The number of pyridine rings is 1. The smallest absolute Gasteiger partial charge is 0.213 e. The molecule has 0 radical (unpaired) electrons. The number of halogens is 1. The van der Waals surface area contributed by atoms with Crippen molar-refractivity contribution in [1.82, 2.24) is 20.6 Å². The van der Waals surface area contributed by atoms with Crippen LogP contribution in [0, 0.1) is 19.8 Å². The Morgan fingerprint density at radius 1 is 1.27 bits per heavy atom. The second-order valence-electron chi connectivity index (χ2n) is 6.29. The van der Waals surface area contributed by atoms with E-state index in [-0.39, 0.29) is 24.0 Å². The second-order valence-corrected chi connectivity index (χ2v) is 7.58. The van der Waals surface area contributed by atoms with Gasteiger partial charge in [-0.1, -0.05) is 6.07 Å². The highest BCUT2D eigenvalue weighted by Gasteiger charge is 2.22. The fourth-order valence-corrected chi connectivity index (χ4v) is 3.14. The summed E-state index contributed by atoms with van der Waals surface area (Å²) < 4.78 is 5.66. The maximum absolute atomic E-state index is 5.66. The van der Waals surface area contributed by atoms with Gasteiger partial charge in [0.1, 0.15) is 5.01 Å². The second kappa shape index (κ2) is 10.1. The number of rotatable bonds is 7. The molecule has 0 aromatic carbocycles. The molecule has 1 fully saturated rings. The zero-order valence-corrected chi connectivity index (χ0v) is 18.6. The van der Waals surface area contributed by atoms with Crippen LogP contribution in [0.2, 0.25) is 0 Å². The third-order valence-electron chi connectivity index (χ3n) is 4.12. The highest BCUT2D eigenvalue weighted by molar-refractivity contribution is 14.0. The molecule has 2 N–H and O–H groups in total. The van der Waals surface area contributed by atoms with E-state index in [1.54, 1.807) is 18.4 Å². The van der Waals surface area contributed by atoms with Gasteiger partial charge in [0.25, 0.3) is 0 Å². The van der Waals surface area contributed by atoms with Crippen molar-refractivity contribution >= 4 is 41.3 Å². The Morgan fingerprint density at radius 3 is 2.62 bits per heavy atom. The molecule has 26 heavy (non-hydrogen) atoms. The van der Waals surface area contributed by atoms with Gasteiger partial charge in [0.15, 0.2) is 5.96 Å². The minimum absolute atomic E-state index is 0. The molecule has 2 aromatic heterocycles. The number of hydrogen-bond acceptors (Lipinski definition) is 5. The van der Waals surface area contributed by atoms with Crippen molar-refractivity contribution in [3.8, 4) is 5.88 Å². The van der Waals surface area contributed by atoms with Gasteiger partial charge in [-0.2, -0.15) is 0 Å². The lowest BCUT2D eigenvalue weighted by Gasteiger charge is -2.11. The first-order chi connectivity index (χ1) is 12.1. The van der Waals surface area contributed by atoms with E-state index in [1.165, 1.54) is 17.7 Å². The van der Waals surface area contributed by atoms with E-state index in [0.717, 1.165) is 34.7 Å². The molecule has 0 amide bonds. The van der Waals surface area contributed by atoms with Crippen molar-refractivity contribution in [3.63, 3.8) is 0 Å². The maximum Gasteiger partial charge on any atom is 0.213 e. The normalized spacial score (nSPS) is 13.9. The quantitative estimate of drug-likeness (QED) is 0.356. The van der Waals surface area contributed by atoms with Crippen molar-refractivity contribution < 1.29 is 4.74 Å². The summed E-state index contributed by atoms with van der Waals surface area (Å²) in [5.41, 5.74) is 2.18. The Balaban J connectivity index is 0.00000243. The van der Waals surface area contributed by atoms with Crippen molar-refractivity contribution in [3.05, 3.63) is 39.5 Å². The van der Waals surface area contributed by atoms with Crippen LogP contribution in [0.4, 0.5) is 0 Å². The van der Waals surface area contributed by atoms with Gasteiger partial charge in [0, 0.05) is 30.7 Å². The standard InChI is InChI=1S/C18H25N5OS.HI/c1-12-13(2)25-17(23-12)10-22-18(19-3)21-9-15-6-7-16(20-8-15)24-11-14-4-5-14;/h6-8,14H,4-5,9-11H2,1-3H3,(H2,19,21,22);1H. The first kappa shape index (κ1) is 20.9. The molecule has 0 atom stereocenters. The minimum atomic E-state index is 0. The lowest BCUT2D eigenvalue weighted by Crippen LogP contribution is -2.36. The van der Waals surface area contributed by atoms with Gasteiger partial charge >= 0.3 is 0 Å². The van der Waals surface area contributed by atoms with Crippen LogP contribution >= 0.6 is 35.3 Å². The summed E-state index contributed by atoms with van der Waals surface area (Å²) in [6, 6.07) is 3.96. The van der Waals surface area contributed by atoms with E-state index >= 15 is 0 Å². The van der Waals surface area contributed by atoms with Gasteiger partial charge in [-0.3, -0.25) is 4.99 Å². The van der Waals surface area contributed by atoms with Gasteiger partial charge < -0.3 is 15.4 Å². The van der Waals surface area contributed by atoms with Crippen LogP contribution in [0.3, 0.4) is 0 Å². The van der Waals surface area contributed by atoms with E-state index in [1.807, 2.05) is 25.3 Å². The molecule has 2 aromatic rings. The summed E-state index contributed by atoms with van der Waals surface area (Å²) in [6.07, 6.45) is 4.42. The minimum Gasteiger partial charge on any atom is -0.477 e. The first-order valence-corrected chi connectivity index (χ1v) is 9.41. The van der Waals surface area contributed by atoms with E-state index in [9.17, 15) is 0 Å². The molecule has 0 unspecified atom stereocenters. The van der Waals surface area contributed by atoms with E-state index < -0.39 is 0 Å². The third kappa shape index (κ3) is 6.39. The first-order valence-electron chi connectivity index (χ1n) is 8.59. The van der Waals surface area contributed by atoms with E-state index in [2.05, 4.69) is 32.5 Å². The average Bonchev–Trinajstić information content (AvgIpc) is 3.39. The van der Waals surface area contributed by atoms with Crippen LogP contribution in [0.15, 0.2) is 23.3 Å². The van der Waals surface area contributed by atoms with Gasteiger partial charge in [-0.25, -0.2) is 9.97 Å². The molecule has 142 valence electrons. The van der Waals surface area contributed by atoms with Crippen LogP contribution in [0.5, 0.6) is 5.88 Å². The Kier molecular flexibility index (Phi) is 8.08. The van der Waals surface area contributed by atoms with Gasteiger partial charge in [0.05, 0.1) is 18.8 Å². The molecule has 2 heterocycles. The Bertz CT molecular complexity index is 708. The highest BCUT2D eigenvalue weighted by Crippen LogP contribution is 2.29. The summed E-state index contributed by atoms with van der Waals surface area (Å²) in [7, 11) is 1.76. The number of aryl methyl sites for hydroxylation is 2. The summed E-state index contributed by atoms with van der Waals surface area (Å²) in [6.45, 7) is 6.25. The molecule has 0 spiro atoms. The van der Waals surface area contributed by atoms with Crippen molar-refractivity contribution in [2.24, 2.45) is 10.9 Å². The number of nitrogens with one attached hydrogen (secondary N) is 2. The fourth-order valence-electron chi connectivity index (χ4n) is 2.27. The molecule has 0 bridgehead atoms. The number of hydrogen-bond donors (Lipinski definition) is 2. The molecule has 1 saturated carbocycles. The van der Waals surface area contributed by atoms with Gasteiger partial charge in [-0.15, -0.1) is 35.3 Å². The molecule has 0 aliphatic heterocycles. The topological polar surface area (TPSA) is 71.4 Å². The summed E-state index contributed by atoms with van der Waals surface area (Å²) in [5, 5.41) is 7.65. The number of ether oxygens (including phenoxy) is 1. The fraction of sp³-hybridized carbons (Fsp3) is 0.500. The Labute approximate surface area is 175 Å². The number of aromatic nitrogens is 2. The van der Waals surface area contributed by atoms with Crippen molar-refractivity contribution in [2.45, 2.75) is 39.8 Å². The van der Waals surface area contributed by atoms with Gasteiger partial charge in [0.2, 0.25) is 5.88 Å². The average molecular weight is 487 g/mol. The lowest BCUT2D eigenvalue weighted by molar-refractivity contribution is 0.288. The Morgan fingerprint density at radius 2 is 2.04 bits per heavy atom. The predicted octanol–water partition coefficient (Wildman–Crippen LogP) is 3.43. The largest absolute Gasteiger partial charge is 0.477 e. The van der Waals surface area contributed by atoms with Crippen molar-refractivity contribution in [2.75, 3.05) is 13.7 Å². The number of thiazole rings is 1. The molecule has 6 nitrogen and oxygen atoms in total. The van der Waals surface area contributed by atoms with Crippen LogP contribution < -0.4 is 15.4 Å². The van der Waals surface area contributed by atoms with E-state index in [4.69, 9.17) is 4.74 Å². The number of aliphatic imine (C=N–C) groups is 1. The van der Waals surface area contributed by atoms with Crippen LogP contribution in [-0.4, -0.2) is 29.6 Å². The number of nitrogens with zero attached hydrogens (tertiary/aromatic N) is 3. The van der Waals surface area contributed by atoms with Crippen LogP contribution in [0.25, 0.3) is 0 Å². The Hall–Kier alpha value is -1.42. The monoisotopic (exact) mass is 487 g/mol. The predicted molar refractivity (Wildman–Crippen MR) is 116 cm³/mol. The molecule has 1 aliphatic carbocycles. The third-order valence-corrected chi connectivity index (χ3v) is 5.20. The van der Waals surface area contributed by atoms with Crippen molar-refractivity contribution in [1.29, 1.82) is 0 Å². The molecule has 1 aliphatic rings. The summed E-state index contributed by atoms with van der Waals surface area (Å²) in [5.74, 6) is 2.19. The SMILES string of the molecule is CN=C(NCc1ccc(OCC2CC2)nc1)NCc1nc(C)c(C)s1.I. The zero-order valence-electron chi connectivity index (χ0n) is 15.4. The molecule has 3 rings (SSSR count). The number of guanidine groups is 1.